The van der Waals surface area contributed by atoms with E-state index >= 15 is 0 Å². The smallest absolute Gasteiger partial charge is 0.223 e. The number of aryl methyl sites for hydroxylation is 2. The van der Waals surface area contributed by atoms with E-state index in [2.05, 4.69) is 5.10 Å². The molecule has 1 atom stereocenters. The van der Waals surface area contributed by atoms with Gasteiger partial charge in [0, 0.05) is 38.8 Å². The van der Waals surface area contributed by atoms with E-state index in [1.54, 1.807) is 4.68 Å². The summed E-state index contributed by atoms with van der Waals surface area (Å²) in [5.74, 6) is 0.231. The van der Waals surface area contributed by atoms with E-state index < -0.39 is 0 Å². The van der Waals surface area contributed by atoms with E-state index in [1.807, 2.05) is 24.3 Å². The molecule has 1 saturated heterocycles. The van der Waals surface area contributed by atoms with Crippen LogP contribution in [0.15, 0.2) is 12.4 Å². The number of likely N-dealkylation sites (tertiary alicyclic amines) is 1. The van der Waals surface area contributed by atoms with Crippen molar-refractivity contribution in [2.24, 2.45) is 12.8 Å². The molecule has 20 heavy (non-hydrogen) atoms. The summed E-state index contributed by atoms with van der Waals surface area (Å²) in [7, 11) is 1.89. The Labute approximate surface area is 132 Å². The predicted molar refractivity (Wildman–Crippen MR) is 84.4 cm³/mol. The van der Waals surface area contributed by atoms with Crippen LogP contribution >= 0.6 is 24.8 Å². The molecule has 2 rings (SSSR count). The first-order valence-corrected chi connectivity index (χ1v) is 6.67. The van der Waals surface area contributed by atoms with Crippen LogP contribution in [-0.2, 0) is 18.3 Å². The summed E-state index contributed by atoms with van der Waals surface area (Å²) in [6.07, 6.45) is 8.45. The normalized spacial score (nSPS) is 18.1. The summed E-state index contributed by atoms with van der Waals surface area (Å²) in [5, 5.41) is 4.11. The van der Waals surface area contributed by atoms with E-state index in [9.17, 15) is 4.79 Å². The number of rotatable bonds is 4. The molecule has 7 heteroatoms. The molecule has 5 nitrogen and oxygen atoms in total. The Bertz CT molecular complexity index is 411. The van der Waals surface area contributed by atoms with Crippen molar-refractivity contribution in [1.29, 1.82) is 0 Å². The molecule has 116 valence electrons. The van der Waals surface area contributed by atoms with Gasteiger partial charge in [-0.25, -0.2) is 0 Å². The molecule has 1 fully saturated rings. The van der Waals surface area contributed by atoms with Gasteiger partial charge in [0.1, 0.15) is 0 Å². The van der Waals surface area contributed by atoms with Crippen LogP contribution in [0.1, 0.15) is 31.2 Å². The minimum Gasteiger partial charge on any atom is -0.338 e. The summed E-state index contributed by atoms with van der Waals surface area (Å²) in [5.41, 5.74) is 6.85. The molecule has 2 N–H and O–H groups in total. The van der Waals surface area contributed by atoms with Crippen molar-refractivity contribution in [3.8, 4) is 0 Å². The third kappa shape index (κ3) is 4.96. The zero-order chi connectivity index (χ0) is 13.0. The molecule has 0 aliphatic carbocycles. The molecule has 2 heterocycles. The lowest BCUT2D eigenvalue weighted by molar-refractivity contribution is -0.134. The Morgan fingerprint density at radius 3 is 2.80 bits per heavy atom. The van der Waals surface area contributed by atoms with Crippen LogP contribution in [0.3, 0.4) is 0 Å². The van der Waals surface area contributed by atoms with Crippen LogP contribution in [0, 0.1) is 0 Å². The van der Waals surface area contributed by atoms with Crippen LogP contribution < -0.4 is 5.73 Å². The average Bonchev–Trinajstić information content (AvgIpc) is 2.81. The number of hydrogen-bond acceptors (Lipinski definition) is 3. The van der Waals surface area contributed by atoms with E-state index in [0.29, 0.717) is 13.0 Å². The van der Waals surface area contributed by atoms with Gasteiger partial charge in [0.05, 0.1) is 6.20 Å². The second-order valence-corrected chi connectivity index (χ2v) is 4.99. The Hall–Kier alpha value is -0.780. The molecule has 1 aromatic heterocycles. The van der Waals surface area contributed by atoms with Gasteiger partial charge in [-0.1, -0.05) is 0 Å². The second kappa shape index (κ2) is 9.21. The number of halogens is 2. The summed E-state index contributed by atoms with van der Waals surface area (Å²) in [4.78, 5) is 14.2. The lowest BCUT2D eigenvalue weighted by Gasteiger charge is -2.35. The average molecular weight is 323 g/mol. The second-order valence-electron chi connectivity index (χ2n) is 4.99. The van der Waals surface area contributed by atoms with Gasteiger partial charge in [-0.2, -0.15) is 5.10 Å². The largest absolute Gasteiger partial charge is 0.338 e. The lowest BCUT2D eigenvalue weighted by atomic mass is 10.0. The van der Waals surface area contributed by atoms with Gasteiger partial charge in [0.2, 0.25) is 5.91 Å². The first-order valence-electron chi connectivity index (χ1n) is 6.67. The number of nitrogens with two attached hydrogens (primary N) is 1. The fraction of sp³-hybridized carbons (Fsp3) is 0.692. The fourth-order valence-corrected chi connectivity index (χ4v) is 2.57. The molecule has 0 saturated carbocycles. The van der Waals surface area contributed by atoms with Crippen molar-refractivity contribution in [2.75, 3.05) is 13.1 Å². The number of carbonyl (C=O) groups excluding carboxylic acids is 1. The number of hydrogen-bond donors (Lipinski definition) is 1. The molecule has 1 amide bonds. The van der Waals surface area contributed by atoms with E-state index in [1.165, 1.54) is 6.42 Å². The molecular formula is C13H24Cl2N4O. The summed E-state index contributed by atoms with van der Waals surface area (Å²) in [6.45, 7) is 1.45. The van der Waals surface area contributed by atoms with E-state index in [-0.39, 0.29) is 36.8 Å². The quantitative estimate of drug-likeness (QED) is 0.914. The molecule has 0 spiro atoms. The third-order valence-corrected chi connectivity index (χ3v) is 3.61. The highest BCUT2D eigenvalue weighted by molar-refractivity contribution is 5.85. The van der Waals surface area contributed by atoms with E-state index in [0.717, 1.165) is 31.4 Å². The SMILES string of the molecule is Cl.Cl.Cn1cc(CCC(=O)N2CCCCC2CN)cn1. The number of nitrogens with zero attached hydrogens (tertiary/aromatic N) is 3. The Kier molecular flexibility index (Phi) is 8.85. The topological polar surface area (TPSA) is 64.2 Å². The standard InChI is InChI=1S/C13H22N4O.2ClH/c1-16-10-11(9-15-16)5-6-13(18)17-7-3-2-4-12(17)8-14;;/h9-10,12H,2-8,14H2,1H3;2*1H. The molecule has 0 radical (unpaired) electrons. The first-order chi connectivity index (χ1) is 8.70. The zero-order valence-electron chi connectivity index (χ0n) is 11.8. The van der Waals surface area contributed by atoms with Gasteiger partial charge in [-0.3, -0.25) is 9.48 Å². The zero-order valence-corrected chi connectivity index (χ0v) is 13.5. The molecule has 0 aromatic carbocycles. The highest BCUT2D eigenvalue weighted by Crippen LogP contribution is 2.17. The molecule has 1 aliphatic rings. The molecule has 0 bridgehead atoms. The highest BCUT2D eigenvalue weighted by atomic mass is 35.5. The fourth-order valence-electron chi connectivity index (χ4n) is 2.57. The Morgan fingerprint density at radius 1 is 1.45 bits per heavy atom. The maximum Gasteiger partial charge on any atom is 0.223 e. The van der Waals surface area contributed by atoms with Gasteiger partial charge < -0.3 is 10.6 Å². The highest BCUT2D eigenvalue weighted by Gasteiger charge is 2.24. The van der Waals surface area contributed by atoms with Gasteiger partial charge in [0.25, 0.3) is 0 Å². The maximum absolute atomic E-state index is 12.2. The number of piperidine rings is 1. The third-order valence-electron chi connectivity index (χ3n) is 3.61. The van der Waals surface area contributed by atoms with Crippen molar-refractivity contribution in [1.82, 2.24) is 14.7 Å². The van der Waals surface area contributed by atoms with Crippen LogP contribution in [0.2, 0.25) is 0 Å². The summed E-state index contributed by atoms with van der Waals surface area (Å²) < 4.78 is 1.77. The lowest BCUT2D eigenvalue weighted by Crippen LogP contribution is -2.47. The Morgan fingerprint density at radius 2 is 2.20 bits per heavy atom. The van der Waals surface area contributed by atoms with Crippen molar-refractivity contribution >= 4 is 30.7 Å². The van der Waals surface area contributed by atoms with Crippen LogP contribution in [-0.4, -0.2) is 39.7 Å². The number of carbonyl (C=O) groups is 1. The van der Waals surface area contributed by atoms with Crippen molar-refractivity contribution in [3.63, 3.8) is 0 Å². The first kappa shape index (κ1) is 19.2. The molecule has 1 aliphatic heterocycles. The number of aromatic nitrogens is 2. The predicted octanol–water partition coefficient (Wildman–Crippen LogP) is 1.54. The van der Waals surface area contributed by atoms with Crippen molar-refractivity contribution in [3.05, 3.63) is 18.0 Å². The monoisotopic (exact) mass is 322 g/mol. The minimum absolute atomic E-state index is 0. The minimum atomic E-state index is 0. The maximum atomic E-state index is 12.2. The summed E-state index contributed by atoms with van der Waals surface area (Å²) in [6, 6.07) is 0.250. The van der Waals surface area contributed by atoms with E-state index in [4.69, 9.17) is 5.73 Å². The van der Waals surface area contributed by atoms with Gasteiger partial charge in [0.15, 0.2) is 0 Å². The Balaban J connectivity index is 0.00000180. The summed E-state index contributed by atoms with van der Waals surface area (Å²) >= 11 is 0. The molecule has 1 unspecified atom stereocenters. The van der Waals surface area contributed by atoms with Gasteiger partial charge >= 0.3 is 0 Å². The van der Waals surface area contributed by atoms with Gasteiger partial charge in [-0.05, 0) is 31.2 Å². The van der Waals surface area contributed by atoms with Crippen molar-refractivity contribution in [2.45, 2.75) is 38.1 Å². The molecular weight excluding hydrogens is 299 g/mol. The van der Waals surface area contributed by atoms with Crippen LogP contribution in [0.5, 0.6) is 0 Å². The van der Waals surface area contributed by atoms with Crippen molar-refractivity contribution < 1.29 is 4.79 Å². The van der Waals surface area contributed by atoms with Crippen LogP contribution in [0.25, 0.3) is 0 Å². The molecule has 1 aromatic rings. The number of amides is 1. The van der Waals surface area contributed by atoms with Crippen LogP contribution in [0.4, 0.5) is 0 Å². The van der Waals surface area contributed by atoms with Gasteiger partial charge in [-0.15, -0.1) is 24.8 Å².